The summed E-state index contributed by atoms with van der Waals surface area (Å²) in [5.41, 5.74) is 1.67. The summed E-state index contributed by atoms with van der Waals surface area (Å²) in [5, 5.41) is 7.52. The van der Waals surface area contributed by atoms with Gasteiger partial charge in [-0.2, -0.15) is 11.3 Å². The number of pyridine rings is 1. The summed E-state index contributed by atoms with van der Waals surface area (Å²) in [6.07, 6.45) is 0.982. The Morgan fingerprint density at radius 1 is 1.48 bits per heavy atom. The van der Waals surface area contributed by atoms with Crippen LogP contribution >= 0.6 is 22.9 Å². The Kier molecular flexibility index (Phi) is 5.59. The van der Waals surface area contributed by atoms with Crippen LogP contribution in [0.3, 0.4) is 0 Å². The standard InChI is InChI=1S/C15H18ClN3OS/c1-3-5-17-14-8-12(7-13(16)18-14)15(20)19(2)9-11-4-6-21-10-11/h4,6-8,10H,3,5,9H2,1-2H3,(H,17,18). The van der Waals surface area contributed by atoms with Crippen LogP contribution in [0.1, 0.15) is 29.3 Å². The highest BCUT2D eigenvalue weighted by Crippen LogP contribution is 2.17. The molecule has 112 valence electrons. The molecule has 1 N–H and O–H groups in total. The minimum atomic E-state index is -0.0648. The summed E-state index contributed by atoms with van der Waals surface area (Å²) in [4.78, 5) is 18.3. The van der Waals surface area contributed by atoms with Gasteiger partial charge < -0.3 is 10.2 Å². The molecular formula is C15H18ClN3OS. The molecule has 0 aliphatic rings. The number of hydrogen-bond donors (Lipinski definition) is 1. The molecule has 0 unspecified atom stereocenters. The highest BCUT2D eigenvalue weighted by Gasteiger charge is 2.14. The number of carbonyl (C=O) groups excluding carboxylic acids is 1. The lowest BCUT2D eigenvalue weighted by molar-refractivity contribution is 0.0785. The van der Waals surface area contributed by atoms with Crippen LogP contribution in [-0.4, -0.2) is 29.4 Å². The Morgan fingerprint density at radius 3 is 2.95 bits per heavy atom. The van der Waals surface area contributed by atoms with Gasteiger partial charge >= 0.3 is 0 Å². The van der Waals surface area contributed by atoms with Crippen LogP contribution in [0.25, 0.3) is 0 Å². The second kappa shape index (κ2) is 7.43. The van der Waals surface area contributed by atoms with Gasteiger partial charge in [0.15, 0.2) is 0 Å². The lowest BCUT2D eigenvalue weighted by Crippen LogP contribution is -2.26. The summed E-state index contributed by atoms with van der Waals surface area (Å²) in [6.45, 7) is 3.45. The Balaban J connectivity index is 2.12. The predicted octanol–water partition coefficient (Wildman–Crippen LogP) is 3.89. The summed E-state index contributed by atoms with van der Waals surface area (Å²) in [6, 6.07) is 5.36. The number of aromatic nitrogens is 1. The van der Waals surface area contributed by atoms with E-state index in [0.29, 0.717) is 23.1 Å². The summed E-state index contributed by atoms with van der Waals surface area (Å²) in [7, 11) is 1.79. The lowest BCUT2D eigenvalue weighted by atomic mass is 10.2. The van der Waals surface area contributed by atoms with Crippen molar-refractivity contribution in [2.75, 3.05) is 18.9 Å². The van der Waals surface area contributed by atoms with E-state index < -0.39 is 0 Å². The molecular weight excluding hydrogens is 306 g/mol. The quantitative estimate of drug-likeness (QED) is 0.820. The number of nitrogens with one attached hydrogen (secondary N) is 1. The Morgan fingerprint density at radius 2 is 2.29 bits per heavy atom. The molecule has 4 nitrogen and oxygen atoms in total. The first-order valence-corrected chi connectivity index (χ1v) is 8.10. The van der Waals surface area contributed by atoms with Crippen molar-refractivity contribution in [1.82, 2.24) is 9.88 Å². The maximum Gasteiger partial charge on any atom is 0.254 e. The minimum absolute atomic E-state index is 0.0648. The van der Waals surface area contributed by atoms with Crippen molar-refractivity contribution in [1.29, 1.82) is 0 Å². The van der Waals surface area contributed by atoms with Crippen molar-refractivity contribution in [3.8, 4) is 0 Å². The van der Waals surface area contributed by atoms with Gasteiger partial charge in [0, 0.05) is 25.7 Å². The van der Waals surface area contributed by atoms with Crippen LogP contribution in [0.15, 0.2) is 29.0 Å². The van der Waals surface area contributed by atoms with Crippen molar-refractivity contribution >= 4 is 34.7 Å². The molecule has 0 fully saturated rings. The first-order valence-electron chi connectivity index (χ1n) is 6.78. The number of hydrogen-bond acceptors (Lipinski definition) is 4. The normalized spacial score (nSPS) is 10.4. The zero-order valence-electron chi connectivity index (χ0n) is 12.1. The fraction of sp³-hybridized carbons (Fsp3) is 0.333. The van der Waals surface area contributed by atoms with E-state index >= 15 is 0 Å². The van der Waals surface area contributed by atoms with Gasteiger partial charge in [-0.15, -0.1) is 0 Å². The summed E-state index contributed by atoms with van der Waals surface area (Å²) in [5.74, 6) is 0.571. The van der Waals surface area contributed by atoms with Crippen LogP contribution in [0.4, 0.5) is 5.82 Å². The third kappa shape index (κ3) is 4.44. The number of halogens is 1. The Bertz CT molecular complexity index is 601. The van der Waals surface area contributed by atoms with Crippen LogP contribution in [0, 0.1) is 0 Å². The third-order valence-electron chi connectivity index (χ3n) is 2.94. The Hall–Kier alpha value is -1.59. The van der Waals surface area contributed by atoms with E-state index in [1.54, 1.807) is 35.4 Å². The van der Waals surface area contributed by atoms with Gasteiger partial charge in [0.25, 0.3) is 5.91 Å². The average Bonchev–Trinajstić information content (AvgIpc) is 2.96. The third-order valence-corrected chi connectivity index (χ3v) is 3.87. The molecule has 2 rings (SSSR count). The highest BCUT2D eigenvalue weighted by molar-refractivity contribution is 7.07. The van der Waals surface area contributed by atoms with Gasteiger partial charge in [-0.1, -0.05) is 18.5 Å². The summed E-state index contributed by atoms with van der Waals surface area (Å²) >= 11 is 7.62. The van der Waals surface area contributed by atoms with Gasteiger partial charge in [0.05, 0.1) is 0 Å². The average molecular weight is 324 g/mol. The molecule has 2 aromatic rings. The van der Waals surface area contributed by atoms with Gasteiger partial charge in [0.2, 0.25) is 0 Å². The van der Waals surface area contributed by atoms with E-state index in [1.165, 1.54) is 0 Å². The molecule has 0 aliphatic heterocycles. The molecule has 0 radical (unpaired) electrons. The zero-order valence-corrected chi connectivity index (χ0v) is 13.7. The molecule has 2 aromatic heterocycles. The van der Waals surface area contributed by atoms with E-state index in [2.05, 4.69) is 17.2 Å². The second-order valence-electron chi connectivity index (χ2n) is 4.78. The van der Waals surface area contributed by atoms with E-state index in [0.717, 1.165) is 18.5 Å². The first-order chi connectivity index (χ1) is 10.1. The number of carbonyl (C=O) groups is 1. The predicted molar refractivity (Wildman–Crippen MR) is 88.1 cm³/mol. The monoisotopic (exact) mass is 323 g/mol. The van der Waals surface area contributed by atoms with Gasteiger partial charge in [-0.25, -0.2) is 4.98 Å². The molecule has 0 atom stereocenters. The Labute approximate surface area is 133 Å². The molecule has 0 saturated heterocycles. The van der Waals surface area contributed by atoms with E-state index in [-0.39, 0.29) is 5.91 Å². The fourth-order valence-corrected chi connectivity index (χ4v) is 2.78. The van der Waals surface area contributed by atoms with E-state index in [4.69, 9.17) is 11.6 Å². The highest BCUT2D eigenvalue weighted by atomic mass is 35.5. The number of amides is 1. The number of anilines is 1. The lowest BCUT2D eigenvalue weighted by Gasteiger charge is -2.17. The zero-order chi connectivity index (χ0) is 15.2. The smallest absolute Gasteiger partial charge is 0.254 e. The van der Waals surface area contributed by atoms with Crippen molar-refractivity contribution in [2.24, 2.45) is 0 Å². The number of thiophene rings is 1. The molecule has 6 heteroatoms. The second-order valence-corrected chi connectivity index (χ2v) is 5.95. The van der Waals surface area contributed by atoms with Crippen molar-refractivity contribution < 1.29 is 4.79 Å². The molecule has 0 aliphatic carbocycles. The topological polar surface area (TPSA) is 45.2 Å². The van der Waals surface area contributed by atoms with Gasteiger partial charge in [0.1, 0.15) is 11.0 Å². The van der Waals surface area contributed by atoms with E-state index in [9.17, 15) is 4.79 Å². The first kappa shape index (κ1) is 15.8. The van der Waals surface area contributed by atoms with Crippen molar-refractivity contribution in [3.63, 3.8) is 0 Å². The molecule has 1 amide bonds. The molecule has 0 aromatic carbocycles. The molecule has 0 saturated carbocycles. The van der Waals surface area contributed by atoms with E-state index in [1.807, 2.05) is 16.8 Å². The van der Waals surface area contributed by atoms with Crippen LogP contribution in [0.2, 0.25) is 5.15 Å². The number of rotatable bonds is 6. The SMILES string of the molecule is CCCNc1cc(C(=O)N(C)Cc2ccsc2)cc(Cl)n1. The summed E-state index contributed by atoms with van der Waals surface area (Å²) < 4.78 is 0. The maximum atomic E-state index is 12.5. The molecule has 21 heavy (non-hydrogen) atoms. The molecule has 0 bridgehead atoms. The molecule has 0 spiro atoms. The van der Waals surface area contributed by atoms with Crippen molar-refractivity contribution in [2.45, 2.75) is 19.9 Å². The number of nitrogens with zero attached hydrogens (tertiary/aromatic N) is 2. The van der Waals surface area contributed by atoms with Gasteiger partial charge in [-0.05, 0) is 40.9 Å². The minimum Gasteiger partial charge on any atom is -0.370 e. The van der Waals surface area contributed by atoms with Crippen LogP contribution < -0.4 is 5.32 Å². The van der Waals surface area contributed by atoms with Gasteiger partial charge in [-0.3, -0.25) is 4.79 Å². The molecule has 2 heterocycles. The maximum absolute atomic E-state index is 12.5. The largest absolute Gasteiger partial charge is 0.370 e. The fourth-order valence-electron chi connectivity index (χ4n) is 1.91. The van der Waals surface area contributed by atoms with Crippen molar-refractivity contribution in [3.05, 3.63) is 45.2 Å². The van der Waals surface area contributed by atoms with Crippen LogP contribution in [0.5, 0.6) is 0 Å². The van der Waals surface area contributed by atoms with Crippen LogP contribution in [-0.2, 0) is 6.54 Å².